The Balaban J connectivity index is 0.000000188. The summed E-state index contributed by atoms with van der Waals surface area (Å²) in [7, 11) is -1.31. The molecule has 8 aromatic carbocycles. The molecule has 0 radical (unpaired) electrons. The average Bonchev–Trinajstić information content (AvgIpc) is 3.32. The van der Waals surface area contributed by atoms with Crippen LogP contribution in [0.25, 0.3) is 0 Å². The van der Waals surface area contributed by atoms with Crippen molar-refractivity contribution < 1.29 is 0 Å². The second-order valence-corrected chi connectivity index (χ2v) is 25.3. The molecular formula is C58H60P4. The Labute approximate surface area is 377 Å². The monoisotopic (exact) mass is 880 g/mol. The van der Waals surface area contributed by atoms with Gasteiger partial charge in [-0.1, -0.05) is 241 Å². The molecule has 0 aliphatic carbocycles. The molecular weight excluding hydrogens is 821 g/mol. The molecule has 0 fully saturated rings. The zero-order valence-corrected chi connectivity index (χ0v) is 40.4. The molecule has 0 nitrogen and oxygen atoms in total. The Morgan fingerprint density at radius 2 is 0.371 bits per heavy atom. The van der Waals surface area contributed by atoms with E-state index in [1.54, 1.807) is 0 Å². The highest BCUT2D eigenvalue weighted by atomic mass is 31.1. The molecule has 0 aliphatic heterocycles. The lowest BCUT2D eigenvalue weighted by atomic mass is 10.2. The minimum Gasteiger partial charge on any atom is -0.0622 e. The van der Waals surface area contributed by atoms with Crippen molar-refractivity contribution in [2.75, 3.05) is 24.6 Å². The number of aryl methyl sites for hydroxylation is 4. The Bertz CT molecular complexity index is 2120. The van der Waals surface area contributed by atoms with Gasteiger partial charge < -0.3 is 0 Å². The predicted molar refractivity (Wildman–Crippen MR) is 284 cm³/mol. The van der Waals surface area contributed by atoms with Crippen molar-refractivity contribution in [3.8, 4) is 0 Å². The smallest absolute Gasteiger partial charge is 0.0195 e. The first-order chi connectivity index (χ1) is 30.4. The second-order valence-electron chi connectivity index (χ2n) is 16.0. The van der Waals surface area contributed by atoms with Gasteiger partial charge in [0.1, 0.15) is 0 Å². The third-order valence-corrected chi connectivity index (χ3v) is 21.6. The Morgan fingerprint density at radius 1 is 0.210 bits per heavy atom. The first kappa shape index (κ1) is 45.5. The van der Waals surface area contributed by atoms with Gasteiger partial charge in [-0.05, 0) is 139 Å². The fourth-order valence-electron chi connectivity index (χ4n) is 7.73. The van der Waals surface area contributed by atoms with Gasteiger partial charge in [0.05, 0.1) is 0 Å². The first-order valence-electron chi connectivity index (χ1n) is 22.0. The molecule has 0 amide bonds. The molecule has 0 saturated heterocycles. The summed E-state index contributed by atoms with van der Waals surface area (Å²) in [5.74, 6) is 0. The van der Waals surface area contributed by atoms with Gasteiger partial charge in [-0.25, -0.2) is 0 Å². The highest BCUT2D eigenvalue weighted by Gasteiger charge is 2.19. The van der Waals surface area contributed by atoms with Crippen LogP contribution in [0.4, 0.5) is 0 Å². The van der Waals surface area contributed by atoms with E-state index < -0.39 is 0 Å². The quantitative estimate of drug-likeness (QED) is 0.0849. The molecule has 0 saturated carbocycles. The Kier molecular flexibility index (Phi) is 17.5. The molecule has 0 spiro atoms. The van der Waals surface area contributed by atoms with Crippen molar-refractivity contribution in [1.29, 1.82) is 0 Å². The number of hydrogen-bond acceptors (Lipinski definition) is 0. The van der Waals surface area contributed by atoms with E-state index in [0.717, 1.165) is 0 Å². The summed E-state index contributed by atoms with van der Waals surface area (Å²) in [4.78, 5) is 0. The Hall–Kier alpha value is -4.52. The summed E-state index contributed by atoms with van der Waals surface area (Å²) in [5.41, 5.74) is 5.33. The van der Waals surface area contributed by atoms with E-state index in [4.69, 9.17) is 0 Å². The number of benzene rings is 8. The maximum atomic E-state index is 2.35. The van der Waals surface area contributed by atoms with E-state index in [9.17, 15) is 0 Å². The van der Waals surface area contributed by atoms with Gasteiger partial charge in [-0.2, -0.15) is 0 Å². The predicted octanol–water partition coefficient (Wildman–Crippen LogP) is 12.5. The molecule has 4 heteroatoms. The van der Waals surface area contributed by atoms with Gasteiger partial charge in [0.2, 0.25) is 0 Å². The van der Waals surface area contributed by atoms with Gasteiger partial charge in [-0.15, -0.1) is 0 Å². The lowest BCUT2D eigenvalue weighted by Crippen LogP contribution is -2.17. The van der Waals surface area contributed by atoms with Crippen LogP contribution in [0.3, 0.4) is 0 Å². The van der Waals surface area contributed by atoms with Gasteiger partial charge in [0.25, 0.3) is 0 Å². The Morgan fingerprint density at radius 3 is 0.548 bits per heavy atom. The lowest BCUT2D eigenvalue weighted by molar-refractivity contribution is 1.11. The summed E-state index contributed by atoms with van der Waals surface area (Å²) < 4.78 is 0. The van der Waals surface area contributed by atoms with Crippen LogP contribution in [0, 0.1) is 27.7 Å². The molecule has 62 heavy (non-hydrogen) atoms. The molecule has 0 bridgehead atoms. The first-order valence-corrected chi connectivity index (χ1v) is 28.1. The largest absolute Gasteiger partial charge is 0.0622 e. The third kappa shape index (κ3) is 13.3. The van der Waals surface area contributed by atoms with Crippen LogP contribution in [-0.2, 0) is 0 Å². The maximum Gasteiger partial charge on any atom is -0.0195 e. The van der Waals surface area contributed by atoms with Crippen LogP contribution in [0.1, 0.15) is 35.1 Å². The van der Waals surface area contributed by atoms with E-state index in [0.29, 0.717) is 0 Å². The van der Waals surface area contributed by atoms with Crippen LogP contribution in [0.15, 0.2) is 218 Å². The molecule has 8 aromatic rings. The van der Waals surface area contributed by atoms with Crippen molar-refractivity contribution in [3.05, 3.63) is 241 Å². The van der Waals surface area contributed by atoms with Gasteiger partial charge in [0, 0.05) is 0 Å². The van der Waals surface area contributed by atoms with E-state index in [1.165, 1.54) is 102 Å². The third-order valence-electron chi connectivity index (χ3n) is 11.2. The molecule has 0 heterocycles. The normalized spacial score (nSPS) is 11.2. The summed E-state index contributed by atoms with van der Waals surface area (Å²) in [6, 6.07) is 81.2. The second kappa shape index (κ2) is 23.8. The van der Waals surface area contributed by atoms with E-state index in [1.807, 2.05) is 0 Å². The number of hydrogen-bond donors (Lipinski definition) is 0. The maximum absolute atomic E-state index is 2.35. The molecule has 312 valence electrons. The molecule has 0 aliphatic rings. The zero-order chi connectivity index (χ0) is 42.9. The fraction of sp³-hybridized carbons (Fsp3) is 0.172. The van der Waals surface area contributed by atoms with E-state index >= 15 is 0 Å². The summed E-state index contributed by atoms with van der Waals surface area (Å²) >= 11 is 0. The number of rotatable bonds is 16. The van der Waals surface area contributed by atoms with Crippen LogP contribution in [0.2, 0.25) is 0 Å². The highest BCUT2D eigenvalue weighted by Crippen LogP contribution is 2.41. The van der Waals surface area contributed by atoms with Crippen molar-refractivity contribution in [2.24, 2.45) is 0 Å². The molecule has 0 unspecified atom stereocenters. The van der Waals surface area contributed by atoms with Crippen LogP contribution in [0.5, 0.6) is 0 Å². The molecule has 0 atom stereocenters. The lowest BCUT2D eigenvalue weighted by Gasteiger charge is -2.23. The molecule has 0 N–H and O–H groups in total. The van der Waals surface area contributed by atoms with Gasteiger partial charge >= 0.3 is 0 Å². The fourth-order valence-corrected chi connectivity index (χ4v) is 17.6. The minimum absolute atomic E-state index is 0.309. The average molecular weight is 881 g/mol. The molecule has 8 rings (SSSR count). The van der Waals surface area contributed by atoms with Gasteiger partial charge in [-0.3, -0.25) is 0 Å². The zero-order valence-electron chi connectivity index (χ0n) is 36.8. The van der Waals surface area contributed by atoms with Crippen molar-refractivity contribution >= 4 is 74.1 Å². The summed E-state index contributed by atoms with van der Waals surface area (Å²) in [6.07, 6.45) is 7.42. The van der Waals surface area contributed by atoms with Crippen LogP contribution < -0.4 is 42.4 Å². The summed E-state index contributed by atoms with van der Waals surface area (Å²) in [5, 5.41) is 11.9. The van der Waals surface area contributed by atoms with Crippen LogP contribution in [-0.4, -0.2) is 24.6 Å². The van der Waals surface area contributed by atoms with Gasteiger partial charge in [0.15, 0.2) is 0 Å². The minimum atomic E-state index is -0.344. The standard InChI is InChI=1S/C31H34P2.C27H26P2/c1-24-6-14-28(15-7-24)32(29-16-8-25(2)9-17-29)22-5-23-33(30-18-10-26(3)11-19-30)31-20-12-27(4)13-21-31;1-5-14-24(15-6-1)28(25-16-7-2-8-17-25)22-13-23-29(26-18-9-3-10-19-26)27-20-11-4-12-21-27/h6-21H,5,22-23H2,1-4H3;1-12,14-21H,13,22-23H2. The molecule has 0 aromatic heterocycles. The van der Waals surface area contributed by atoms with E-state index in [-0.39, 0.29) is 31.7 Å². The highest BCUT2D eigenvalue weighted by molar-refractivity contribution is 7.74. The van der Waals surface area contributed by atoms with E-state index in [2.05, 4.69) is 246 Å². The topological polar surface area (TPSA) is 0 Å². The summed E-state index contributed by atoms with van der Waals surface area (Å²) in [6.45, 7) is 8.70. The van der Waals surface area contributed by atoms with Crippen molar-refractivity contribution in [2.45, 2.75) is 40.5 Å². The van der Waals surface area contributed by atoms with Crippen molar-refractivity contribution in [1.82, 2.24) is 0 Å². The SMILES string of the molecule is Cc1ccc(P(CCCP(c2ccc(C)cc2)c2ccc(C)cc2)c2ccc(C)cc2)cc1.c1ccc(P(CCCP(c2ccccc2)c2ccccc2)c2ccccc2)cc1. The van der Waals surface area contributed by atoms with Crippen LogP contribution >= 0.6 is 31.7 Å². The van der Waals surface area contributed by atoms with Crippen molar-refractivity contribution in [3.63, 3.8) is 0 Å².